The topological polar surface area (TPSA) is 206 Å². The highest BCUT2D eigenvalue weighted by Crippen LogP contribution is 2.39. The molecule has 0 saturated carbocycles. The number of aliphatic hydroxyl groups excluding tert-OH is 4. The summed E-state index contributed by atoms with van der Waals surface area (Å²) < 4.78 is 38.9. The number of phenolic OH excluding ortho intramolecular Hbond substituents is 1. The third-order valence-corrected chi connectivity index (χ3v) is 9.17. The summed E-state index contributed by atoms with van der Waals surface area (Å²) in [6, 6.07) is 5.84. The first-order chi connectivity index (χ1) is 25.1. The number of ether oxygens (including phenoxy) is 7. The average Bonchev–Trinajstić information content (AvgIpc) is 3.15. The van der Waals surface area contributed by atoms with Crippen LogP contribution in [0.4, 0.5) is 0 Å². The van der Waals surface area contributed by atoms with Crippen LogP contribution < -0.4 is 14.2 Å². The van der Waals surface area contributed by atoms with Crippen molar-refractivity contribution in [3.8, 4) is 23.0 Å². The molecule has 52 heavy (non-hydrogen) atoms. The molecular weight excluding hydrogens is 684 g/mol. The fraction of sp³-hybridized carbons (Fsp3) is 0.611. The number of hydrogen-bond acceptors (Lipinski definition) is 15. The predicted molar refractivity (Wildman–Crippen MR) is 185 cm³/mol. The second kappa shape index (κ2) is 20.0. The number of carbonyl (C=O) groups is 2. The number of morpholine rings is 1. The second-order valence-corrected chi connectivity index (χ2v) is 12.4. The minimum absolute atomic E-state index is 0.0365. The van der Waals surface area contributed by atoms with E-state index in [4.69, 9.17) is 33.2 Å². The quantitative estimate of drug-likeness (QED) is 0.118. The van der Waals surface area contributed by atoms with Crippen LogP contribution in [0, 0.1) is 0 Å². The third kappa shape index (κ3) is 10.1. The van der Waals surface area contributed by atoms with Crippen LogP contribution in [0.15, 0.2) is 24.3 Å². The largest absolute Gasteiger partial charge is 0.507 e. The van der Waals surface area contributed by atoms with Gasteiger partial charge >= 0.3 is 0 Å². The zero-order valence-electron chi connectivity index (χ0n) is 30.2. The van der Waals surface area contributed by atoms with Crippen molar-refractivity contribution >= 4 is 11.7 Å². The van der Waals surface area contributed by atoms with Gasteiger partial charge in [0.2, 0.25) is 12.2 Å². The molecule has 2 aliphatic heterocycles. The number of aliphatic hydroxyl groups is 4. The summed E-state index contributed by atoms with van der Waals surface area (Å²) >= 11 is 0. The predicted octanol–water partition coefficient (Wildman–Crippen LogP) is -0.252. The van der Waals surface area contributed by atoms with Gasteiger partial charge < -0.3 is 63.6 Å². The molecule has 16 heteroatoms. The van der Waals surface area contributed by atoms with Crippen molar-refractivity contribution in [3.63, 3.8) is 0 Å². The molecule has 0 spiro atoms. The number of aromatic hydroxyl groups is 1. The molecular formula is C36H52N2O14. The molecule has 2 saturated heterocycles. The van der Waals surface area contributed by atoms with Gasteiger partial charge in [-0.05, 0) is 35.7 Å². The second-order valence-electron chi connectivity index (χ2n) is 12.4. The normalized spacial score (nSPS) is 22.2. The van der Waals surface area contributed by atoms with Crippen molar-refractivity contribution in [2.75, 3.05) is 93.7 Å². The Labute approximate surface area is 303 Å². The van der Waals surface area contributed by atoms with E-state index in [0.717, 1.165) is 13.1 Å². The van der Waals surface area contributed by atoms with Gasteiger partial charge in [-0.3, -0.25) is 14.5 Å². The lowest BCUT2D eigenvalue weighted by Crippen LogP contribution is -2.60. The van der Waals surface area contributed by atoms with Crippen molar-refractivity contribution in [1.82, 2.24) is 9.80 Å². The van der Waals surface area contributed by atoms with Gasteiger partial charge in [-0.2, -0.15) is 0 Å². The van der Waals surface area contributed by atoms with Crippen LogP contribution in [0.25, 0.3) is 0 Å². The molecule has 2 heterocycles. The first-order valence-corrected chi connectivity index (χ1v) is 17.3. The van der Waals surface area contributed by atoms with Crippen molar-refractivity contribution in [1.29, 1.82) is 0 Å². The van der Waals surface area contributed by atoms with Crippen molar-refractivity contribution in [3.05, 3.63) is 46.5 Å². The van der Waals surface area contributed by atoms with Crippen molar-refractivity contribution in [2.45, 2.75) is 50.5 Å². The summed E-state index contributed by atoms with van der Waals surface area (Å²) in [6.45, 7) is 6.06. The Kier molecular flexibility index (Phi) is 15.9. The molecule has 5 N–H and O–H groups in total. The van der Waals surface area contributed by atoms with Crippen LogP contribution in [0.2, 0.25) is 0 Å². The lowest BCUT2D eigenvalue weighted by molar-refractivity contribution is -0.277. The Morgan fingerprint density at radius 1 is 0.904 bits per heavy atom. The molecule has 2 aromatic carbocycles. The van der Waals surface area contributed by atoms with Crippen LogP contribution >= 0.6 is 0 Å². The van der Waals surface area contributed by atoms with Gasteiger partial charge in [-0.15, -0.1) is 0 Å². The van der Waals surface area contributed by atoms with Crippen molar-refractivity contribution < 1.29 is 68.3 Å². The fourth-order valence-electron chi connectivity index (χ4n) is 6.18. The summed E-state index contributed by atoms with van der Waals surface area (Å²) in [4.78, 5) is 31.9. The molecule has 2 aliphatic rings. The lowest BCUT2D eigenvalue weighted by Gasteiger charge is -2.40. The molecule has 0 unspecified atom stereocenters. The maximum Gasteiger partial charge on any atom is 0.229 e. The number of phenols is 1. The molecule has 0 radical (unpaired) electrons. The maximum atomic E-state index is 14.3. The maximum absolute atomic E-state index is 14.3. The Balaban J connectivity index is 1.72. The molecule has 1 amide bonds. The summed E-state index contributed by atoms with van der Waals surface area (Å²) in [5, 5.41) is 52.5. The number of benzene rings is 2. The summed E-state index contributed by atoms with van der Waals surface area (Å²) in [7, 11) is 4.48. The van der Waals surface area contributed by atoms with Crippen LogP contribution in [0.5, 0.6) is 23.0 Å². The van der Waals surface area contributed by atoms with E-state index in [1.807, 2.05) is 0 Å². The highest BCUT2D eigenvalue weighted by molar-refractivity contribution is 6.12. The van der Waals surface area contributed by atoms with Gasteiger partial charge in [-0.25, -0.2) is 0 Å². The van der Waals surface area contributed by atoms with Gasteiger partial charge in [0.05, 0.1) is 52.1 Å². The molecule has 2 aromatic rings. The summed E-state index contributed by atoms with van der Waals surface area (Å²) in [5.74, 6) is -0.818. The number of carbonyl (C=O) groups excluding carboxylic acids is 2. The molecule has 5 atom stereocenters. The third-order valence-electron chi connectivity index (χ3n) is 9.17. The molecule has 4 rings (SSSR count). The number of rotatable bonds is 19. The van der Waals surface area contributed by atoms with E-state index >= 15 is 0 Å². The lowest BCUT2D eigenvalue weighted by atomic mass is 9.89. The van der Waals surface area contributed by atoms with Crippen molar-refractivity contribution in [2.24, 2.45) is 0 Å². The first kappa shape index (κ1) is 41.2. The fourth-order valence-corrected chi connectivity index (χ4v) is 6.18. The molecule has 2 fully saturated rings. The van der Waals surface area contributed by atoms with E-state index in [1.54, 1.807) is 19.1 Å². The number of ketones is 1. The van der Waals surface area contributed by atoms with Gasteiger partial charge in [0.25, 0.3) is 0 Å². The number of amides is 1. The van der Waals surface area contributed by atoms with Gasteiger partial charge in [-0.1, -0.05) is 6.92 Å². The van der Waals surface area contributed by atoms with Crippen LogP contribution in [-0.4, -0.2) is 171 Å². The number of nitrogens with zero attached hydrogens (tertiary/aromatic N) is 2. The zero-order valence-corrected chi connectivity index (χ0v) is 30.2. The highest BCUT2D eigenvalue weighted by Gasteiger charge is 2.45. The van der Waals surface area contributed by atoms with Gasteiger partial charge in [0.15, 0.2) is 17.3 Å². The van der Waals surface area contributed by atoms with E-state index in [-0.39, 0.29) is 67.5 Å². The van der Waals surface area contributed by atoms with Crippen LogP contribution in [-0.2, 0) is 36.6 Å². The minimum Gasteiger partial charge on any atom is -0.507 e. The molecule has 0 aromatic heterocycles. The van der Waals surface area contributed by atoms with Crippen LogP contribution in [0.3, 0.4) is 0 Å². The first-order valence-electron chi connectivity index (χ1n) is 17.3. The average molecular weight is 737 g/mol. The zero-order chi connectivity index (χ0) is 37.8. The summed E-state index contributed by atoms with van der Waals surface area (Å²) in [5.41, 5.74) is 0.524. The van der Waals surface area contributed by atoms with E-state index in [1.165, 1.54) is 38.4 Å². The Bertz CT molecular complexity index is 1460. The Morgan fingerprint density at radius 2 is 1.60 bits per heavy atom. The molecule has 0 bridgehead atoms. The molecule has 290 valence electrons. The standard InChI is InChI=1S/C36H52N2O14/c1-5-23-24(19-30(41)38(11-13-46-2)12-14-47-3)31(25(40)20-27(23)51-36-35(45)34(44)33(43)29(21-39)52-36)32(42)22-6-7-26(28(18-22)48-4)50-17-10-37-8-15-49-16-9-37/h6-7,18,20,29,33-36,39-40,43-45H,5,8-17,19,21H2,1-4H3/t29-,33+,34+,35-,36-/m1/s1. The Hall–Kier alpha value is -3.58. The van der Waals surface area contributed by atoms with E-state index in [9.17, 15) is 35.1 Å². The number of hydrogen-bond donors (Lipinski definition) is 5. The van der Waals surface area contributed by atoms with Gasteiger partial charge in [0.1, 0.15) is 42.5 Å². The molecule has 0 aliphatic carbocycles. The SMILES string of the molecule is CCc1c(O[C@@H]2O[C@H](CO)[C@H](O)[C@H](O)[C@H]2O)cc(O)c(C(=O)c2ccc(OCCN3CCOCC3)c(OC)c2)c1CC(=O)N(CCOC)CCOC. The highest BCUT2D eigenvalue weighted by atomic mass is 16.7. The Morgan fingerprint density at radius 3 is 2.21 bits per heavy atom. The van der Waals surface area contributed by atoms with Gasteiger partial charge in [0, 0.05) is 58.6 Å². The van der Waals surface area contributed by atoms with E-state index < -0.39 is 48.8 Å². The minimum atomic E-state index is -1.74. The molecule has 16 nitrogen and oxygen atoms in total. The monoisotopic (exact) mass is 736 g/mol. The van der Waals surface area contributed by atoms with E-state index in [2.05, 4.69) is 4.90 Å². The number of methoxy groups -OCH3 is 3. The van der Waals surface area contributed by atoms with Crippen LogP contribution in [0.1, 0.15) is 34.0 Å². The summed E-state index contributed by atoms with van der Waals surface area (Å²) in [6.07, 6.45) is -8.03. The van der Waals surface area contributed by atoms with E-state index in [0.29, 0.717) is 43.4 Å². The smallest absolute Gasteiger partial charge is 0.229 e.